The molecule has 156 valence electrons. The molecule has 0 unspecified atom stereocenters. The van der Waals surface area contributed by atoms with Gasteiger partial charge in [0.2, 0.25) is 0 Å². The number of amides is 1. The van der Waals surface area contributed by atoms with Crippen LogP contribution in [0, 0.1) is 0 Å². The Bertz CT molecular complexity index is 969. The van der Waals surface area contributed by atoms with Crippen molar-refractivity contribution >= 4 is 39.3 Å². The molecule has 1 saturated heterocycles. The lowest BCUT2D eigenvalue weighted by atomic mass is 9.95. The van der Waals surface area contributed by atoms with E-state index in [0.29, 0.717) is 31.4 Å². The van der Waals surface area contributed by atoms with Crippen molar-refractivity contribution in [2.24, 2.45) is 0 Å². The Kier molecular flexibility index (Phi) is 7.05. The van der Waals surface area contributed by atoms with E-state index >= 15 is 0 Å². The van der Waals surface area contributed by atoms with Gasteiger partial charge < -0.3 is 15.1 Å². The number of nitrogens with zero attached hydrogens (tertiary/aromatic N) is 1. The smallest absolute Gasteiger partial charge is 0.303 e. The molecule has 30 heavy (non-hydrogen) atoms. The number of carbonyl (C=O) groups is 3. The maximum atomic E-state index is 12.9. The van der Waals surface area contributed by atoms with E-state index < -0.39 is 23.7 Å². The first kappa shape index (κ1) is 21.8. The number of likely N-dealkylation sites (tertiary alicyclic amines) is 1. The highest BCUT2D eigenvalue weighted by atomic mass is 79.9. The molecule has 0 aliphatic carbocycles. The standard InChI is InChI=1S/C23H22BrNO5/c24-17-12-10-15(11-13-17)20-19(21(28)16-7-3-1-4-8-16)22(29)23(30)25(20)14-6-2-5-9-18(26)27/h1,3-4,7-8,10-13,20,28H,2,5-6,9,14H2,(H,26,27)/b21-19+/t20-/m1/s1. The molecular weight excluding hydrogens is 450 g/mol. The summed E-state index contributed by atoms with van der Waals surface area (Å²) in [5.74, 6) is -2.42. The molecule has 1 heterocycles. The van der Waals surface area contributed by atoms with Gasteiger partial charge in [-0.05, 0) is 30.5 Å². The second-order valence-electron chi connectivity index (χ2n) is 7.11. The Morgan fingerprint density at radius 3 is 2.23 bits per heavy atom. The molecule has 6 nitrogen and oxygen atoms in total. The topological polar surface area (TPSA) is 94.9 Å². The highest BCUT2D eigenvalue weighted by molar-refractivity contribution is 9.10. The molecular formula is C23H22BrNO5. The quantitative estimate of drug-likeness (QED) is 0.255. The van der Waals surface area contributed by atoms with Crippen molar-refractivity contribution in [3.63, 3.8) is 0 Å². The fraction of sp³-hybridized carbons (Fsp3) is 0.261. The van der Waals surface area contributed by atoms with Crippen LogP contribution in [-0.2, 0) is 14.4 Å². The molecule has 7 heteroatoms. The highest BCUT2D eigenvalue weighted by Crippen LogP contribution is 2.39. The zero-order chi connectivity index (χ0) is 21.7. The van der Waals surface area contributed by atoms with Crippen LogP contribution in [0.3, 0.4) is 0 Å². The van der Waals surface area contributed by atoms with Crippen molar-refractivity contribution in [3.8, 4) is 0 Å². The Labute approximate surface area is 183 Å². The molecule has 2 aromatic rings. The monoisotopic (exact) mass is 471 g/mol. The van der Waals surface area contributed by atoms with Crippen LogP contribution < -0.4 is 0 Å². The third-order valence-corrected chi connectivity index (χ3v) is 5.59. The molecule has 0 radical (unpaired) electrons. The zero-order valence-electron chi connectivity index (χ0n) is 16.3. The van der Waals surface area contributed by atoms with Gasteiger partial charge in [0.15, 0.2) is 0 Å². The number of hydrogen-bond acceptors (Lipinski definition) is 4. The third kappa shape index (κ3) is 4.79. The molecule has 2 aromatic carbocycles. The summed E-state index contributed by atoms with van der Waals surface area (Å²) in [6, 6.07) is 15.3. The minimum absolute atomic E-state index is 0.0686. The number of rotatable bonds is 8. The Morgan fingerprint density at radius 2 is 1.60 bits per heavy atom. The van der Waals surface area contributed by atoms with E-state index in [4.69, 9.17) is 5.11 Å². The number of aliphatic hydroxyl groups excluding tert-OH is 1. The predicted molar refractivity (Wildman–Crippen MR) is 116 cm³/mol. The highest BCUT2D eigenvalue weighted by Gasteiger charge is 2.45. The molecule has 1 aliphatic heterocycles. The second kappa shape index (κ2) is 9.71. The van der Waals surface area contributed by atoms with Crippen molar-refractivity contribution in [2.45, 2.75) is 31.7 Å². The molecule has 2 N–H and O–H groups in total. The molecule has 3 rings (SSSR count). The van der Waals surface area contributed by atoms with Gasteiger partial charge in [-0.3, -0.25) is 14.4 Å². The van der Waals surface area contributed by atoms with Gasteiger partial charge in [-0.15, -0.1) is 0 Å². The summed E-state index contributed by atoms with van der Waals surface area (Å²) in [5.41, 5.74) is 1.26. The molecule has 0 aromatic heterocycles. The molecule has 1 amide bonds. The lowest BCUT2D eigenvalue weighted by molar-refractivity contribution is -0.140. The Balaban J connectivity index is 1.95. The number of carbonyl (C=O) groups excluding carboxylic acids is 2. The Morgan fingerprint density at radius 1 is 0.933 bits per heavy atom. The van der Waals surface area contributed by atoms with E-state index in [1.54, 1.807) is 30.3 Å². The van der Waals surface area contributed by atoms with Crippen LogP contribution in [0.25, 0.3) is 5.76 Å². The summed E-state index contributed by atoms with van der Waals surface area (Å²) in [7, 11) is 0. The second-order valence-corrected chi connectivity index (χ2v) is 8.03. The van der Waals surface area contributed by atoms with E-state index in [9.17, 15) is 19.5 Å². The predicted octanol–water partition coefficient (Wildman–Crippen LogP) is 4.52. The summed E-state index contributed by atoms with van der Waals surface area (Å²) >= 11 is 3.39. The maximum Gasteiger partial charge on any atom is 0.303 e. The number of Topliss-reactive ketones (excluding diaryl/α,β-unsaturated/α-hetero) is 1. The van der Waals surface area contributed by atoms with Gasteiger partial charge in [0.05, 0.1) is 11.6 Å². The molecule has 1 aliphatic rings. The van der Waals surface area contributed by atoms with Gasteiger partial charge in [-0.25, -0.2) is 0 Å². The van der Waals surface area contributed by atoms with Gasteiger partial charge in [0, 0.05) is 23.0 Å². The van der Waals surface area contributed by atoms with Gasteiger partial charge in [0.25, 0.3) is 11.7 Å². The first-order valence-corrected chi connectivity index (χ1v) is 10.5. The molecule has 0 bridgehead atoms. The van der Waals surface area contributed by atoms with Gasteiger partial charge >= 0.3 is 5.97 Å². The van der Waals surface area contributed by atoms with Gasteiger partial charge in [-0.1, -0.05) is 64.8 Å². The molecule has 0 saturated carbocycles. The zero-order valence-corrected chi connectivity index (χ0v) is 17.8. The number of halogens is 1. The lowest BCUT2D eigenvalue weighted by Gasteiger charge is -2.25. The Hall–Kier alpha value is -2.93. The van der Waals surface area contributed by atoms with Crippen LogP contribution in [0.15, 0.2) is 64.6 Å². The molecule has 1 fully saturated rings. The van der Waals surface area contributed by atoms with E-state index in [1.165, 1.54) is 4.90 Å². The van der Waals surface area contributed by atoms with Crippen LogP contribution in [-0.4, -0.2) is 39.3 Å². The van der Waals surface area contributed by atoms with Crippen LogP contribution in [0.5, 0.6) is 0 Å². The fourth-order valence-corrected chi connectivity index (χ4v) is 3.85. The largest absolute Gasteiger partial charge is 0.507 e. The van der Waals surface area contributed by atoms with Crippen LogP contribution in [0.1, 0.15) is 42.9 Å². The van der Waals surface area contributed by atoms with Crippen LogP contribution in [0.2, 0.25) is 0 Å². The van der Waals surface area contributed by atoms with Crippen molar-refractivity contribution < 1.29 is 24.6 Å². The number of benzene rings is 2. The number of hydrogen-bond donors (Lipinski definition) is 2. The van der Waals surface area contributed by atoms with E-state index in [0.717, 1.165) is 10.0 Å². The summed E-state index contributed by atoms with van der Waals surface area (Å²) in [5, 5.41) is 19.7. The first-order chi connectivity index (χ1) is 14.4. The summed E-state index contributed by atoms with van der Waals surface area (Å²) in [6.07, 6.45) is 1.77. The minimum atomic E-state index is -0.854. The fourth-order valence-electron chi connectivity index (χ4n) is 3.59. The normalized spacial score (nSPS) is 18.0. The van der Waals surface area contributed by atoms with Crippen molar-refractivity contribution in [1.29, 1.82) is 0 Å². The van der Waals surface area contributed by atoms with Gasteiger partial charge in [0.1, 0.15) is 5.76 Å². The van der Waals surface area contributed by atoms with E-state index in [-0.39, 0.29) is 17.8 Å². The van der Waals surface area contributed by atoms with Crippen LogP contribution in [0.4, 0.5) is 0 Å². The van der Waals surface area contributed by atoms with E-state index in [2.05, 4.69) is 15.9 Å². The number of aliphatic hydroxyl groups is 1. The number of carboxylic acid groups (broad SMARTS) is 1. The molecule has 1 atom stereocenters. The third-order valence-electron chi connectivity index (χ3n) is 5.06. The van der Waals surface area contributed by atoms with E-state index in [1.807, 2.05) is 24.3 Å². The average molecular weight is 472 g/mol. The summed E-state index contributed by atoms with van der Waals surface area (Å²) in [6.45, 7) is 0.302. The number of aliphatic carboxylic acids is 1. The summed E-state index contributed by atoms with van der Waals surface area (Å²) in [4.78, 5) is 37.8. The summed E-state index contributed by atoms with van der Waals surface area (Å²) < 4.78 is 0.861. The average Bonchev–Trinajstić information content (AvgIpc) is 2.99. The first-order valence-electron chi connectivity index (χ1n) is 9.71. The van der Waals surface area contributed by atoms with Crippen molar-refractivity contribution in [3.05, 3.63) is 75.8 Å². The number of ketones is 1. The lowest BCUT2D eigenvalue weighted by Crippen LogP contribution is -2.30. The van der Waals surface area contributed by atoms with Crippen molar-refractivity contribution in [2.75, 3.05) is 6.54 Å². The van der Waals surface area contributed by atoms with Crippen molar-refractivity contribution in [1.82, 2.24) is 4.90 Å². The maximum absolute atomic E-state index is 12.9. The minimum Gasteiger partial charge on any atom is -0.507 e. The molecule has 0 spiro atoms. The van der Waals surface area contributed by atoms with Gasteiger partial charge in [-0.2, -0.15) is 0 Å². The van der Waals surface area contributed by atoms with Crippen LogP contribution >= 0.6 is 15.9 Å². The number of carboxylic acids is 1. The number of unbranched alkanes of at least 4 members (excludes halogenated alkanes) is 2. The SMILES string of the molecule is O=C(O)CCCCCN1C(=O)C(=O)/C(=C(/O)c2ccccc2)[C@H]1c1ccc(Br)cc1.